The minimum Gasteiger partial charge on any atom is -0.497 e. The molecule has 0 saturated carbocycles. The molecule has 1 rings (SSSR count). The average Bonchev–Trinajstić information content (AvgIpc) is 2.46. The van der Waals surface area contributed by atoms with Crippen LogP contribution in [0.25, 0.3) is 0 Å². The van der Waals surface area contributed by atoms with Gasteiger partial charge in [0, 0.05) is 13.5 Å². The molecule has 0 spiro atoms. The van der Waals surface area contributed by atoms with E-state index < -0.39 is 5.60 Å². The summed E-state index contributed by atoms with van der Waals surface area (Å²) in [6.07, 6.45) is 0.568. The van der Waals surface area contributed by atoms with Crippen molar-refractivity contribution in [3.05, 3.63) is 24.3 Å². The molecule has 0 bridgehead atoms. The number of methoxy groups -OCH3 is 2. The zero-order valence-electron chi connectivity index (χ0n) is 11.7. The number of benzene rings is 1. The van der Waals surface area contributed by atoms with Crippen LogP contribution < -0.4 is 9.47 Å². The van der Waals surface area contributed by atoms with Gasteiger partial charge in [0.25, 0.3) is 0 Å². The van der Waals surface area contributed by atoms with E-state index in [2.05, 4.69) is 0 Å². The monoisotopic (exact) mass is 270 g/mol. The van der Waals surface area contributed by atoms with Crippen molar-refractivity contribution < 1.29 is 24.1 Å². The Morgan fingerprint density at radius 3 is 2.26 bits per heavy atom. The molecule has 0 heterocycles. The minimum absolute atomic E-state index is 0.0810. The molecule has 1 aromatic carbocycles. The molecule has 1 N–H and O–H groups in total. The highest BCUT2D eigenvalue weighted by Gasteiger charge is 2.24. The quantitative estimate of drug-likeness (QED) is 0.694. The Morgan fingerprint density at radius 1 is 1.11 bits per heavy atom. The van der Waals surface area contributed by atoms with Gasteiger partial charge >= 0.3 is 0 Å². The van der Waals surface area contributed by atoms with E-state index in [-0.39, 0.29) is 13.4 Å². The fraction of sp³-hybridized carbons (Fsp3) is 0.571. The predicted octanol–water partition coefficient (Wildman–Crippen LogP) is 1.84. The maximum absolute atomic E-state index is 9.32. The van der Waals surface area contributed by atoms with E-state index in [1.807, 2.05) is 31.2 Å². The number of aliphatic hydroxyl groups excluding tert-OH is 1. The van der Waals surface area contributed by atoms with Gasteiger partial charge in [-0.1, -0.05) is 0 Å². The lowest BCUT2D eigenvalue weighted by Crippen LogP contribution is -2.35. The molecule has 5 heteroatoms. The molecular formula is C14H22O5. The molecule has 0 saturated heterocycles. The standard InChI is InChI=1S/C14H22O5/c1-14(10-15,19-11-16-2)8-9-18-13-6-4-12(17-3)5-7-13/h4-7,15H,8-11H2,1-3H3/t14-/m0/s1. The zero-order valence-corrected chi connectivity index (χ0v) is 11.7. The summed E-state index contributed by atoms with van der Waals surface area (Å²) in [7, 11) is 3.17. The van der Waals surface area contributed by atoms with Gasteiger partial charge in [0.05, 0.1) is 25.9 Å². The Labute approximate surface area is 114 Å². The fourth-order valence-electron chi connectivity index (χ4n) is 1.45. The third kappa shape index (κ3) is 5.46. The van der Waals surface area contributed by atoms with E-state index >= 15 is 0 Å². The topological polar surface area (TPSA) is 57.2 Å². The summed E-state index contributed by atoms with van der Waals surface area (Å²) in [5.41, 5.74) is -0.650. The SMILES string of the molecule is COCO[C@](C)(CO)CCOc1ccc(OC)cc1. The summed E-state index contributed by atoms with van der Waals surface area (Å²) in [6, 6.07) is 7.35. The second-order valence-corrected chi connectivity index (χ2v) is 4.43. The van der Waals surface area contributed by atoms with Crippen molar-refractivity contribution in [2.75, 3.05) is 34.2 Å². The van der Waals surface area contributed by atoms with E-state index in [4.69, 9.17) is 18.9 Å². The summed E-state index contributed by atoms with van der Waals surface area (Å²) < 4.78 is 20.9. The first kappa shape index (κ1) is 15.8. The molecule has 0 aliphatic rings. The Morgan fingerprint density at radius 2 is 1.74 bits per heavy atom. The number of rotatable bonds is 9. The van der Waals surface area contributed by atoms with Crippen LogP contribution in [0.4, 0.5) is 0 Å². The molecule has 0 aliphatic carbocycles. The number of hydrogen-bond donors (Lipinski definition) is 1. The third-order valence-electron chi connectivity index (χ3n) is 2.82. The molecular weight excluding hydrogens is 248 g/mol. The Balaban J connectivity index is 2.38. The van der Waals surface area contributed by atoms with Crippen molar-refractivity contribution in [3.63, 3.8) is 0 Å². The van der Waals surface area contributed by atoms with Gasteiger partial charge < -0.3 is 24.1 Å². The summed E-state index contributed by atoms with van der Waals surface area (Å²) in [5.74, 6) is 1.55. The lowest BCUT2D eigenvalue weighted by atomic mass is 10.0. The van der Waals surface area contributed by atoms with Gasteiger partial charge in [-0.3, -0.25) is 0 Å². The van der Waals surface area contributed by atoms with Crippen molar-refractivity contribution in [1.82, 2.24) is 0 Å². The highest BCUT2D eigenvalue weighted by molar-refractivity contribution is 5.31. The van der Waals surface area contributed by atoms with Crippen molar-refractivity contribution in [3.8, 4) is 11.5 Å². The van der Waals surface area contributed by atoms with E-state index in [0.29, 0.717) is 13.0 Å². The van der Waals surface area contributed by atoms with Crippen molar-refractivity contribution in [1.29, 1.82) is 0 Å². The molecule has 1 atom stereocenters. The molecule has 5 nitrogen and oxygen atoms in total. The van der Waals surface area contributed by atoms with Crippen LogP contribution in [0.5, 0.6) is 11.5 Å². The Hall–Kier alpha value is -1.30. The normalized spacial score (nSPS) is 13.9. The maximum atomic E-state index is 9.32. The average molecular weight is 270 g/mol. The second-order valence-electron chi connectivity index (χ2n) is 4.43. The highest BCUT2D eigenvalue weighted by Crippen LogP contribution is 2.19. The smallest absolute Gasteiger partial charge is 0.147 e. The summed E-state index contributed by atoms with van der Waals surface area (Å²) >= 11 is 0. The van der Waals surface area contributed by atoms with Crippen LogP contribution in [0.3, 0.4) is 0 Å². The van der Waals surface area contributed by atoms with E-state index in [1.165, 1.54) is 0 Å². The van der Waals surface area contributed by atoms with Gasteiger partial charge in [-0.15, -0.1) is 0 Å². The van der Waals surface area contributed by atoms with Gasteiger partial charge in [0.15, 0.2) is 0 Å². The molecule has 0 unspecified atom stereocenters. The Kier molecular flexibility index (Phi) is 6.62. The van der Waals surface area contributed by atoms with Crippen LogP contribution in [0.2, 0.25) is 0 Å². The second kappa shape index (κ2) is 7.99. The summed E-state index contributed by atoms with van der Waals surface area (Å²) in [4.78, 5) is 0. The third-order valence-corrected chi connectivity index (χ3v) is 2.82. The summed E-state index contributed by atoms with van der Waals surface area (Å²) in [5, 5.41) is 9.32. The van der Waals surface area contributed by atoms with Crippen LogP contribution >= 0.6 is 0 Å². The van der Waals surface area contributed by atoms with Crippen LogP contribution in [-0.2, 0) is 9.47 Å². The van der Waals surface area contributed by atoms with Crippen molar-refractivity contribution in [2.45, 2.75) is 18.9 Å². The molecule has 0 aliphatic heterocycles. The molecule has 0 aromatic heterocycles. The number of hydrogen-bond acceptors (Lipinski definition) is 5. The number of ether oxygens (including phenoxy) is 4. The first-order valence-electron chi connectivity index (χ1n) is 6.14. The van der Waals surface area contributed by atoms with Crippen LogP contribution in [0, 0.1) is 0 Å². The van der Waals surface area contributed by atoms with Crippen LogP contribution in [0.15, 0.2) is 24.3 Å². The van der Waals surface area contributed by atoms with Gasteiger partial charge in [-0.2, -0.15) is 0 Å². The van der Waals surface area contributed by atoms with Crippen LogP contribution in [-0.4, -0.2) is 44.9 Å². The highest BCUT2D eigenvalue weighted by atomic mass is 16.7. The first-order valence-corrected chi connectivity index (χ1v) is 6.14. The lowest BCUT2D eigenvalue weighted by molar-refractivity contribution is -0.146. The van der Waals surface area contributed by atoms with E-state index in [1.54, 1.807) is 14.2 Å². The van der Waals surface area contributed by atoms with E-state index in [0.717, 1.165) is 11.5 Å². The molecule has 1 aromatic rings. The van der Waals surface area contributed by atoms with Gasteiger partial charge in [-0.25, -0.2) is 0 Å². The van der Waals surface area contributed by atoms with Gasteiger partial charge in [0.2, 0.25) is 0 Å². The molecule has 108 valence electrons. The molecule has 0 fully saturated rings. The van der Waals surface area contributed by atoms with Crippen LogP contribution in [0.1, 0.15) is 13.3 Å². The van der Waals surface area contributed by atoms with Crippen molar-refractivity contribution in [2.24, 2.45) is 0 Å². The largest absolute Gasteiger partial charge is 0.497 e. The van der Waals surface area contributed by atoms with Crippen molar-refractivity contribution >= 4 is 0 Å². The zero-order chi connectivity index (χ0) is 14.1. The Bertz CT molecular complexity index is 351. The number of aliphatic hydroxyl groups is 1. The maximum Gasteiger partial charge on any atom is 0.147 e. The molecule has 0 amide bonds. The molecule has 19 heavy (non-hydrogen) atoms. The minimum atomic E-state index is -0.650. The summed E-state index contributed by atoms with van der Waals surface area (Å²) in [6.45, 7) is 2.35. The van der Waals surface area contributed by atoms with E-state index in [9.17, 15) is 5.11 Å². The molecule has 0 radical (unpaired) electrons. The van der Waals surface area contributed by atoms with Gasteiger partial charge in [-0.05, 0) is 31.2 Å². The predicted molar refractivity (Wildman–Crippen MR) is 71.6 cm³/mol. The van der Waals surface area contributed by atoms with Gasteiger partial charge in [0.1, 0.15) is 18.3 Å². The first-order chi connectivity index (χ1) is 9.13. The lowest BCUT2D eigenvalue weighted by Gasteiger charge is -2.27. The fourth-order valence-corrected chi connectivity index (χ4v) is 1.45.